The summed E-state index contributed by atoms with van der Waals surface area (Å²) < 4.78 is 0. The maximum Gasteiger partial charge on any atom is 0.170 e. The van der Waals surface area contributed by atoms with Gasteiger partial charge in [0.15, 0.2) is 6.29 Å². The van der Waals surface area contributed by atoms with Crippen LogP contribution in [-0.2, 0) is 0 Å². The zero-order chi connectivity index (χ0) is 11.4. The van der Waals surface area contributed by atoms with Crippen molar-refractivity contribution in [2.75, 3.05) is 0 Å². The first kappa shape index (κ1) is 9.99. The molecule has 4 heteroatoms. The fourth-order valence-corrected chi connectivity index (χ4v) is 1.35. The quantitative estimate of drug-likeness (QED) is 0.560. The normalized spacial score (nSPS) is 10.4. The van der Waals surface area contributed by atoms with Gasteiger partial charge in [0.2, 0.25) is 0 Å². The molecule has 16 heavy (non-hydrogen) atoms. The van der Waals surface area contributed by atoms with Crippen LogP contribution < -0.4 is 0 Å². The average molecular weight is 209 g/mol. The van der Waals surface area contributed by atoms with Crippen LogP contribution in [0.25, 0.3) is 17.1 Å². The van der Waals surface area contributed by atoms with Crippen molar-refractivity contribution in [2.45, 2.75) is 0 Å². The van der Waals surface area contributed by atoms with E-state index in [2.05, 4.69) is 9.97 Å². The Labute approximate surface area is 91.9 Å². The molecule has 0 radical (unpaired) electrons. The molecule has 0 N–H and O–H groups in total. The summed E-state index contributed by atoms with van der Waals surface area (Å²) in [5, 5.41) is 8.43. The number of para-hydroxylation sites is 2. The summed E-state index contributed by atoms with van der Waals surface area (Å²) in [6, 6.07) is 9.11. The van der Waals surface area contributed by atoms with E-state index in [1.165, 1.54) is 12.2 Å². The van der Waals surface area contributed by atoms with Gasteiger partial charge in [-0.25, -0.2) is 9.97 Å². The first-order valence-corrected chi connectivity index (χ1v) is 4.63. The molecular weight excluding hydrogens is 202 g/mol. The number of rotatable bonds is 2. The number of nitrogens with zero attached hydrogens (tertiary/aromatic N) is 3. The molecule has 4 nitrogen and oxygen atoms in total. The number of allylic oxidation sites excluding steroid dienone is 1. The van der Waals surface area contributed by atoms with Gasteiger partial charge >= 0.3 is 0 Å². The summed E-state index contributed by atoms with van der Waals surface area (Å²) in [5.74, 6) is 0. The van der Waals surface area contributed by atoms with Crippen LogP contribution >= 0.6 is 0 Å². The minimum absolute atomic E-state index is 0.241. The van der Waals surface area contributed by atoms with E-state index < -0.39 is 0 Å². The van der Waals surface area contributed by atoms with Crippen LogP contribution in [0, 0.1) is 11.3 Å². The highest BCUT2D eigenvalue weighted by atomic mass is 16.1. The molecule has 2 aromatic rings. The first-order valence-electron chi connectivity index (χ1n) is 4.63. The van der Waals surface area contributed by atoms with Crippen LogP contribution in [0.5, 0.6) is 0 Å². The third-order valence-electron chi connectivity index (χ3n) is 2.05. The molecule has 0 fully saturated rings. The third-order valence-corrected chi connectivity index (χ3v) is 2.05. The predicted molar refractivity (Wildman–Crippen MR) is 59.6 cm³/mol. The van der Waals surface area contributed by atoms with Crippen LogP contribution in [0.2, 0.25) is 0 Å². The van der Waals surface area contributed by atoms with Gasteiger partial charge in [-0.05, 0) is 18.2 Å². The lowest BCUT2D eigenvalue weighted by Crippen LogP contribution is -1.96. The van der Waals surface area contributed by atoms with Gasteiger partial charge in [0.05, 0.1) is 22.8 Å². The molecule has 76 valence electrons. The third kappa shape index (κ3) is 1.79. The molecule has 0 amide bonds. The van der Waals surface area contributed by atoms with Gasteiger partial charge < -0.3 is 0 Å². The van der Waals surface area contributed by atoms with E-state index in [1.807, 2.05) is 18.2 Å². The number of hydrogen-bond acceptors (Lipinski definition) is 4. The maximum absolute atomic E-state index is 10.8. The second-order valence-corrected chi connectivity index (χ2v) is 3.06. The Morgan fingerprint density at radius 3 is 2.31 bits per heavy atom. The molecule has 0 bridgehead atoms. The van der Waals surface area contributed by atoms with Gasteiger partial charge in [0, 0.05) is 6.08 Å². The van der Waals surface area contributed by atoms with E-state index in [0.29, 0.717) is 23.0 Å². The van der Waals surface area contributed by atoms with E-state index in [-0.39, 0.29) is 5.69 Å². The lowest BCUT2D eigenvalue weighted by Gasteiger charge is -2.00. The molecule has 0 spiro atoms. The van der Waals surface area contributed by atoms with Gasteiger partial charge in [0.1, 0.15) is 5.69 Å². The molecule has 1 aromatic carbocycles. The van der Waals surface area contributed by atoms with Crippen LogP contribution in [0.15, 0.2) is 30.3 Å². The Morgan fingerprint density at radius 1 is 1.12 bits per heavy atom. The Morgan fingerprint density at radius 2 is 1.75 bits per heavy atom. The molecule has 0 aliphatic carbocycles. The fourth-order valence-electron chi connectivity index (χ4n) is 1.35. The number of aldehydes is 1. The summed E-state index contributed by atoms with van der Waals surface area (Å²) in [6.07, 6.45) is 3.38. The molecule has 1 heterocycles. The molecular formula is C12H7N3O. The predicted octanol–water partition coefficient (Wildman–Crippen LogP) is 1.98. The van der Waals surface area contributed by atoms with Gasteiger partial charge in [-0.2, -0.15) is 5.26 Å². The molecule has 2 rings (SSSR count). The number of carbonyl (C=O) groups is 1. The SMILES string of the molecule is N#C/C=C/c1nc2ccccc2nc1C=O. The topological polar surface area (TPSA) is 66.6 Å². The van der Waals surface area contributed by atoms with Crippen LogP contribution in [-0.4, -0.2) is 16.3 Å². The Balaban J connectivity index is 2.68. The van der Waals surface area contributed by atoms with Crippen molar-refractivity contribution in [1.29, 1.82) is 5.26 Å². The number of fused-ring (bicyclic) bond motifs is 1. The van der Waals surface area contributed by atoms with E-state index in [9.17, 15) is 4.79 Å². The van der Waals surface area contributed by atoms with E-state index in [0.717, 1.165) is 0 Å². The lowest BCUT2D eigenvalue weighted by molar-refractivity contribution is 0.111. The Bertz CT molecular complexity index is 611. The largest absolute Gasteiger partial charge is 0.296 e. The number of carbonyl (C=O) groups excluding carboxylic acids is 1. The molecule has 0 aliphatic rings. The monoisotopic (exact) mass is 209 g/mol. The summed E-state index contributed by atoms with van der Waals surface area (Å²) >= 11 is 0. The van der Waals surface area contributed by atoms with Crippen molar-refractivity contribution < 1.29 is 4.79 Å². The Kier molecular flexibility index (Phi) is 2.70. The lowest BCUT2D eigenvalue weighted by atomic mass is 10.2. The second kappa shape index (κ2) is 4.32. The Hall–Kier alpha value is -2.54. The summed E-state index contributed by atoms with van der Waals surface area (Å²) in [4.78, 5) is 19.2. The first-order chi connectivity index (χ1) is 7.85. The summed E-state index contributed by atoms with van der Waals surface area (Å²) in [7, 11) is 0. The zero-order valence-electron chi connectivity index (χ0n) is 8.29. The van der Waals surface area contributed by atoms with Gasteiger partial charge in [-0.1, -0.05) is 12.1 Å². The van der Waals surface area contributed by atoms with Gasteiger partial charge in [-0.15, -0.1) is 0 Å². The maximum atomic E-state index is 10.8. The van der Waals surface area contributed by atoms with E-state index in [4.69, 9.17) is 5.26 Å². The highest BCUT2D eigenvalue weighted by molar-refractivity contribution is 5.84. The highest BCUT2D eigenvalue weighted by Gasteiger charge is 2.04. The molecule has 0 aliphatic heterocycles. The number of benzene rings is 1. The van der Waals surface area contributed by atoms with Crippen molar-refractivity contribution in [3.8, 4) is 6.07 Å². The number of hydrogen-bond donors (Lipinski definition) is 0. The van der Waals surface area contributed by atoms with Gasteiger partial charge in [0.25, 0.3) is 0 Å². The van der Waals surface area contributed by atoms with Crippen molar-refractivity contribution in [3.63, 3.8) is 0 Å². The van der Waals surface area contributed by atoms with E-state index >= 15 is 0 Å². The average Bonchev–Trinajstić information content (AvgIpc) is 2.35. The molecule has 0 saturated heterocycles. The molecule has 0 atom stereocenters. The standard InChI is InChI=1S/C12H7N3O/c13-7-3-6-11-12(8-16)15-10-5-2-1-4-9(10)14-11/h1-6,8H/b6-3+. The van der Waals surface area contributed by atoms with Crippen molar-refractivity contribution in [3.05, 3.63) is 41.7 Å². The summed E-state index contributed by atoms with van der Waals surface area (Å²) in [6.45, 7) is 0. The smallest absolute Gasteiger partial charge is 0.170 e. The highest BCUT2D eigenvalue weighted by Crippen LogP contribution is 2.12. The van der Waals surface area contributed by atoms with Crippen molar-refractivity contribution in [1.82, 2.24) is 9.97 Å². The number of aromatic nitrogens is 2. The van der Waals surface area contributed by atoms with Crippen LogP contribution in [0.4, 0.5) is 0 Å². The van der Waals surface area contributed by atoms with E-state index in [1.54, 1.807) is 12.1 Å². The fraction of sp³-hybridized carbons (Fsp3) is 0. The van der Waals surface area contributed by atoms with Crippen molar-refractivity contribution in [2.24, 2.45) is 0 Å². The minimum atomic E-state index is 0.241. The second-order valence-electron chi connectivity index (χ2n) is 3.06. The van der Waals surface area contributed by atoms with Crippen LogP contribution in [0.3, 0.4) is 0 Å². The molecule has 0 unspecified atom stereocenters. The summed E-state index contributed by atoms with van der Waals surface area (Å²) in [5.41, 5.74) is 2.02. The molecule has 1 aromatic heterocycles. The van der Waals surface area contributed by atoms with Gasteiger partial charge in [-0.3, -0.25) is 4.79 Å². The van der Waals surface area contributed by atoms with Crippen molar-refractivity contribution >= 4 is 23.4 Å². The number of nitriles is 1. The molecule has 0 saturated carbocycles. The van der Waals surface area contributed by atoms with Crippen LogP contribution in [0.1, 0.15) is 16.2 Å². The zero-order valence-corrected chi connectivity index (χ0v) is 8.29. The minimum Gasteiger partial charge on any atom is -0.296 e.